The van der Waals surface area contributed by atoms with Gasteiger partial charge in [-0.2, -0.15) is 0 Å². The second-order valence-corrected chi connectivity index (χ2v) is 10.9. The molecule has 1 unspecified atom stereocenters. The summed E-state index contributed by atoms with van der Waals surface area (Å²) in [5.74, 6) is 0. The fourth-order valence-electron chi connectivity index (χ4n) is 4.27. The fourth-order valence-corrected chi connectivity index (χ4v) is 9.29. The number of nitrogens with zero attached hydrogens (tertiary/aromatic N) is 3. The number of pyridine rings is 1. The molecule has 0 saturated carbocycles. The third-order valence-electron chi connectivity index (χ3n) is 5.38. The van der Waals surface area contributed by atoms with E-state index in [9.17, 15) is 0 Å². The van der Waals surface area contributed by atoms with Crippen LogP contribution < -0.4 is 9.97 Å². The van der Waals surface area contributed by atoms with Gasteiger partial charge >= 0.3 is 0 Å². The topological polar surface area (TPSA) is 19.4 Å². The van der Waals surface area contributed by atoms with Crippen molar-refractivity contribution >= 4 is 40.0 Å². The van der Waals surface area contributed by atoms with E-state index in [4.69, 9.17) is 16.8 Å². The summed E-state index contributed by atoms with van der Waals surface area (Å²) in [5, 5.41) is 2.42. The van der Waals surface area contributed by atoms with Gasteiger partial charge in [-0.1, -0.05) is 48.2 Å². The van der Waals surface area contributed by atoms with Gasteiger partial charge in [0.05, 0.1) is 5.52 Å². The maximum atomic E-state index is 6.52. The summed E-state index contributed by atoms with van der Waals surface area (Å²) in [4.78, 5) is 4.72. The zero-order valence-electron chi connectivity index (χ0n) is 14.0. The molecule has 5 rings (SSSR count). The van der Waals surface area contributed by atoms with E-state index in [0.29, 0.717) is 6.04 Å². The Labute approximate surface area is 153 Å². The van der Waals surface area contributed by atoms with Gasteiger partial charge < -0.3 is 4.67 Å². The average molecular weight is 365 g/mol. The second kappa shape index (κ2) is 5.91. The zero-order valence-corrected chi connectivity index (χ0v) is 15.7. The van der Waals surface area contributed by atoms with Crippen molar-refractivity contribution in [3.8, 4) is 0 Å². The Hall–Kier alpha value is -1.74. The number of fused-ring (bicyclic) bond motifs is 2. The number of para-hydroxylation sites is 2. The minimum atomic E-state index is -2.07. The number of benzene rings is 2. The van der Waals surface area contributed by atoms with Crippen LogP contribution in [0, 0.1) is 0 Å². The van der Waals surface area contributed by atoms with Gasteiger partial charge in [-0.15, -0.1) is 0 Å². The fraction of sp³-hybridized carbons (Fsp3) is 0.250. The Morgan fingerprint density at radius 1 is 1.00 bits per heavy atom. The molecule has 3 aromatic rings. The first-order valence-electron chi connectivity index (χ1n) is 8.83. The standard InChI is InChI=1S/C20H20N3PS/c25-24(19-12-4-7-16-8-5-13-21-20(16)19)22-14-6-11-18(22)15-23(24)17-9-2-1-3-10-17/h1-5,7-10,12-13,18H,6,11,14-15H2/t18-,24?/m0/s1. The van der Waals surface area contributed by atoms with Crippen molar-refractivity contribution in [3.63, 3.8) is 0 Å². The van der Waals surface area contributed by atoms with Gasteiger partial charge in [-0.3, -0.25) is 9.65 Å². The van der Waals surface area contributed by atoms with Gasteiger partial charge in [0.15, 0.2) is 0 Å². The van der Waals surface area contributed by atoms with E-state index in [1.807, 2.05) is 12.3 Å². The quantitative estimate of drug-likeness (QED) is 0.635. The Kier molecular flexibility index (Phi) is 3.67. The summed E-state index contributed by atoms with van der Waals surface area (Å²) >= 11 is 6.52. The molecule has 5 heteroatoms. The molecule has 3 heterocycles. The molecule has 2 saturated heterocycles. The van der Waals surface area contributed by atoms with Crippen LogP contribution in [0.2, 0.25) is 0 Å². The summed E-state index contributed by atoms with van der Waals surface area (Å²) in [6, 6.07) is 21.9. The lowest BCUT2D eigenvalue weighted by atomic mass is 10.2. The van der Waals surface area contributed by atoms with Crippen molar-refractivity contribution in [2.24, 2.45) is 0 Å². The molecule has 2 atom stereocenters. The normalized spacial score (nSPS) is 26.2. The van der Waals surface area contributed by atoms with Crippen LogP contribution in [0.25, 0.3) is 10.9 Å². The van der Waals surface area contributed by atoms with Crippen molar-refractivity contribution in [1.29, 1.82) is 0 Å². The molecule has 1 aromatic heterocycles. The minimum Gasteiger partial charge on any atom is -0.327 e. The summed E-state index contributed by atoms with van der Waals surface area (Å²) < 4.78 is 5.13. The van der Waals surface area contributed by atoms with E-state index in [1.165, 1.54) is 29.2 Å². The van der Waals surface area contributed by atoms with Crippen LogP contribution in [0.15, 0.2) is 66.9 Å². The molecule has 2 aromatic carbocycles. The molecule has 2 aliphatic heterocycles. The Morgan fingerprint density at radius 3 is 2.72 bits per heavy atom. The third-order valence-corrected chi connectivity index (χ3v) is 10.5. The molecule has 0 N–H and O–H groups in total. The molecule has 3 nitrogen and oxygen atoms in total. The van der Waals surface area contributed by atoms with Gasteiger partial charge in [-0.25, -0.2) is 0 Å². The number of hydrogen-bond donors (Lipinski definition) is 0. The molecule has 0 bridgehead atoms. The van der Waals surface area contributed by atoms with E-state index in [-0.39, 0.29) is 0 Å². The van der Waals surface area contributed by atoms with Crippen LogP contribution in [0.4, 0.5) is 5.69 Å². The van der Waals surface area contributed by atoms with Crippen LogP contribution >= 0.6 is 6.34 Å². The van der Waals surface area contributed by atoms with E-state index in [0.717, 1.165) is 18.6 Å². The van der Waals surface area contributed by atoms with Gasteiger partial charge in [-0.05, 0) is 37.1 Å². The molecular formula is C20H20N3PS. The molecule has 2 aliphatic rings. The van der Waals surface area contributed by atoms with Crippen molar-refractivity contribution in [2.75, 3.05) is 17.8 Å². The summed E-state index contributed by atoms with van der Waals surface area (Å²) in [7, 11) is 0. The lowest BCUT2D eigenvalue weighted by Crippen LogP contribution is -2.28. The molecule has 0 aliphatic carbocycles. The summed E-state index contributed by atoms with van der Waals surface area (Å²) in [5.41, 5.74) is 2.31. The van der Waals surface area contributed by atoms with Crippen LogP contribution in [-0.4, -0.2) is 28.8 Å². The first-order valence-corrected chi connectivity index (χ1v) is 11.5. The highest BCUT2D eigenvalue weighted by Gasteiger charge is 2.48. The SMILES string of the molecule is S=P1(c2cccc3cccnc23)N(c2ccccc2)C[C@@H]2CCCN21. The highest BCUT2D eigenvalue weighted by molar-refractivity contribution is 8.18. The Bertz CT molecular complexity index is 970. The van der Waals surface area contributed by atoms with Crippen LogP contribution in [-0.2, 0) is 11.8 Å². The minimum absolute atomic E-state index is 0.574. The largest absolute Gasteiger partial charge is 0.327 e. The Morgan fingerprint density at radius 2 is 1.84 bits per heavy atom. The summed E-state index contributed by atoms with van der Waals surface area (Å²) in [6.07, 6.45) is 2.32. The van der Waals surface area contributed by atoms with Crippen molar-refractivity contribution in [2.45, 2.75) is 18.9 Å². The van der Waals surface area contributed by atoms with Crippen LogP contribution in [0.3, 0.4) is 0 Å². The monoisotopic (exact) mass is 365 g/mol. The number of anilines is 1. The number of rotatable bonds is 2. The molecular weight excluding hydrogens is 345 g/mol. The number of aromatic nitrogens is 1. The third kappa shape index (κ3) is 2.28. The lowest BCUT2D eigenvalue weighted by molar-refractivity contribution is 0.467. The van der Waals surface area contributed by atoms with E-state index in [2.05, 4.69) is 63.9 Å². The smallest absolute Gasteiger partial charge is 0.132 e. The molecule has 25 heavy (non-hydrogen) atoms. The van der Waals surface area contributed by atoms with Crippen molar-refractivity contribution in [1.82, 2.24) is 9.65 Å². The average Bonchev–Trinajstić information content (AvgIpc) is 3.24. The van der Waals surface area contributed by atoms with Crippen molar-refractivity contribution in [3.05, 3.63) is 66.9 Å². The van der Waals surface area contributed by atoms with Gasteiger partial charge in [0.1, 0.15) is 6.34 Å². The maximum absolute atomic E-state index is 6.52. The van der Waals surface area contributed by atoms with E-state index in [1.54, 1.807) is 0 Å². The van der Waals surface area contributed by atoms with Crippen LogP contribution in [0.5, 0.6) is 0 Å². The molecule has 0 radical (unpaired) electrons. The second-order valence-electron chi connectivity index (χ2n) is 6.77. The lowest BCUT2D eigenvalue weighted by Gasteiger charge is -2.35. The maximum Gasteiger partial charge on any atom is 0.132 e. The predicted molar refractivity (Wildman–Crippen MR) is 109 cm³/mol. The number of hydrogen-bond acceptors (Lipinski definition) is 2. The zero-order chi connectivity index (χ0) is 16.9. The first-order chi connectivity index (χ1) is 12.3. The first kappa shape index (κ1) is 15.5. The molecule has 126 valence electrons. The van der Waals surface area contributed by atoms with Gasteiger partial charge in [0, 0.05) is 41.7 Å². The van der Waals surface area contributed by atoms with E-state index < -0.39 is 6.34 Å². The van der Waals surface area contributed by atoms with E-state index >= 15 is 0 Å². The molecule has 2 fully saturated rings. The molecule has 0 amide bonds. The Balaban J connectivity index is 1.75. The van der Waals surface area contributed by atoms with Gasteiger partial charge in [0.2, 0.25) is 0 Å². The summed E-state index contributed by atoms with van der Waals surface area (Å²) in [6.45, 7) is 2.14. The van der Waals surface area contributed by atoms with Gasteiger partial charge in [0.25, 0.3) is 0 Å². The highest BCUT2D eigenvalue weighted by atomic mass is 32.4. The van der Waals surface area contributed by atoms with Crippen LogP contribution in [0.1, 0.15) is 12.8 Å². The van der Waals surface area contributed by atoms with Crippen molar-refractivity contribution < 1.29 is 0 Å². The highest BCUT2D eigenvalue weighted by Crippen LogP contribution is 2.62. The molecule has 0 spiro atoms. The predicted octanol–water partition coefficient (Wildman–Crippen LogP) is 4.15.